The number of amides is 1. The number of carbonyl (C=O) groups excluding carboxylic acids is 1. The molecule has 19 heteroatoms. The number of nitrogens with one attached hydrogen (secondary N) is 1. The van der Waals surface area contributed by atoms with Crippen molar-refractivity contribution in [1.29, 1.82) is 0 Å². The van der Waals surface area contributed by atoms with Crippen molar-refractivity contribution in [1.82, 2.24) is 5.32 Å². The predicted octanol–water partition coefficient (Wildman–Crippen LogP) is 11.0. The summed E-state index contributed by atoms with van der Waals surface area (Å²) in [4.78, 5) is 13.4. The largest absolute Gasteiger partial charge is 0.394 e. The third-order valence-corrected chi connectivity index (χ3v) is 19.0. The molecular weight excluding hydrogens is 1180 g/mol. The van der Waals surface area contributed by atoms with Crippen LogP contribution in [0.2, 0.25) is 0 Å². The Morgan fingerprint density at radius 3 is 1.12 bits per heavy atom. The van der Waals surface area contributed by atoms with Gasteiger partial charge in [-0.25, -0.2) is 0 Å². The minimum atomic E-state index is -1.97. The van der Waals surface area contributed by atoms with Gasteiger partial charge in [-0.2, -0.15) is 0 Å². The highest BCUT2D eigenvalue weighted by atomic mass is 16.8. The SMILES string of the molecule is CCCCCC/C=C\C/C=C\CCCCCCCCCC(=O)NC(COC1OC(CO)C(OC2OC(CO)C(OC3OC(CO)C(O)C(O)C3O)C(O)C2O)C(O)C1O)C(O)CCCCCCCCCCCCCCCCCCCCCCCCCCCCCCC. The van der Waals surface area contributed by atoms with Gasteiger partial charge in [0, 0.05) is 6.42 Å². The van der Waals surface area contributed by atoms with E-state index in [4.69, 9.17) is 28.4 Å². The first kappa shape index (κ1) is 84.5. The fraction of sp³-hybridized carbons (Fsp3) is 0.932. The summed E-state index contributed by atoms with van der Waals surface area (Å²) in [6.45, 7) is 1.81. The van der Waals surface area contributed by atoms with E-state index in [1.54, 1.807) is 0 Å². The molecule has 12 N–H and O–H groups in total. The molecule has 3 fully saturated rings. The summed E-state index contributed by atoms with van der Waals surface area (Å²) in [5.41, 5.74) is 0. The molecule has 17 unspecified atom stereocenters. The van der Waals surface area contributed by atoms with E-state index >= 15 is 0 Å². The van der Waals surface area contributed by atoms with Gasteiger partial charge in [-0.05, 0) is 44.9 Å². The van der Waals surface area contributed by atoms with Crippen LogP contribution in [0.25, 0.3) is 0 Å². The van der Waals surface area contributed by atoms with Crippen molar-refractivity contribution < 1.29 is 89.4 Å². The third kappa shape index (κ3) is 36.2. The van der Waals surface area contributed by atoms with Gasteiger partial charge < -0.3 is 89.9 Å². The summed E-state index contributed by atoms with van der Waals surface area (Å²) >= 11 is 0. The maximum Gasteiger partial charge on any atom is 0.220 e. The van der Waals surface area contributed by atoms with Gasteiger partial charge in [-0.3, -0.25) is 4.79 Å². The van der Waals surface area contributed by atoms with E-state index in [2.05, 4.69) is 43.5 Å². The lowest BCUT2D eigenvalue weighted by atomic mass is 9.96. The maximum atomic E-state index is 13.4. The second kappa shape index (κ2) is 55.2. The van der Waals surface area contributed by atoms with E-state index in [1.807, 2.05) is 0 Å². The summed E-state index contributed by atoms with van der Waals surface area (Å²) in [6, 6.07) is -0.891. The quantitative estimate of drug-likeness (QED) is 0.0199. The van der Waals surface area contributed by atoms with E-state index in [0.29, 0.717) is 12.8 Å². The zero-order chi connectivity index (χ0) is 66.8. The lowest BCUT2D eigenvalue weighted by Gasteiger charge is -2.48. The molecule has 0 spiro atoms. The van der Waals surface area contributed by atoms with Crippen molar-refractivity contribution >= 4 is 5.91 Å². The fourth-order valence-corrected chi connectivity index (χ4v) is 12.9. The van der Waals surface area contributed by atoms with E-state index in [9.17, 15) is 61.0 Å². The van der Waals surface area contributed by atoms with Crippen molar-refractivity contribution in [2.24, 2.45) is 0 Å². The highest BCUT2D eigenvalue weighted by Crippen LogP contribution is 2.33. The standard InChI is InChI=1S/C73H137NO18/c1-3-5-7-9-11-13-15-17-19-21-23-24-25-26-27-28-29-30-31-32-33-34-36-38-40-42-44-46-48-50-57(78)56(74-61(79)51-49-47-45-43-41-39-37-35-22-20-18-16-14-12-10-8-6-4-2)55-87-71-67(85)64(82)69(59(53-76)89-71)92-73-68(86)65(83)70(60(54-77)90-73)91-72-66(84)63(81)62(80)58(52-75)88-72/h14,16,20,22,56-60,62-73,75-78,80-86H,3-13,15,17-19,21,23-55H2,1-2H3,(H,74,79)/b16-14-,22-20-. The molecule has 0 aromatic heterocycles. The number of unbranched alkanes of at least 4 members (excludes halogenated alkanes) is 39. The molecular formula is C73H137NO18. The highest BCUT2D eigenvalue weighted by Gasteiger charge is 2.53. The average Bonchev–Trinajstić information content (AvgIpc) is 0.838. The molecule has 92 heavy (non-hydrogen) atoms. The van der Waals surface area contributed by atoms with Crippen LogP contribution in [0, 0.1) is 0 Å². The van der Waals surface area contributed by atoms with Crippen LogP contribution in [-0.4, -0.2) is 193 Å². The van der Waals surface area contributed by atoms with Gasteiger partial charge in [0.15, 0.2) is 18.9 Å². The molecule has 0 aromatic carbocycles. The van der Waals surface area contributed by atoms with Gasteiger partial charge in [0.1, 0.15) is 73.2 Å². The molecule has 17 atom stereocenters. The molecule has 0 aliphatic carbocycles. The molecule has 1 amide bonds. The van der Waals surface area contributed by atoms with Crippen LogP contribution in [0.5, 0.6) is 0 Å². The van der Waals surface area contributed by atoms with Crippen molar-refractivity contribution in [3.63, 3.8) is 0 Å². The molecule has 0 bridgehead atoms. The van der Waals surface area contributed by atoms with Gasteiger partial charge in [0.2, 0.25) is 5.91 Å². The van der Waals surface area contributed by atoms with Crippen LogP contribution in [0.1, 0.15) is 303 Å². The Labute approximate surface area is 556 Å². The second-order valence-electron chi connectivity index (χ2n) is 27.1. The molecule has 0 aromatic rings. The summed E-state index contributed by atoms with van der Waals surface area (Å²) in [7, 11) is 0. The van der Waals surface area contributed by atoms with Crippen LogP contribution in [0.15, 0.2) is 24.3 Å². The Balaban J connectivity index is 1.39. The summed E-state index contributed by atoms with van der Waals surface area (Å²) in [5.74, 6) is -0.247. The molecule has 3 saturated heterocycles. The third-order valence-electron chi connectivity index (χ3n) is 19.0. The number of aliphatic hydroxyl groups is 11. The highest BCUT2D eigenvalue weighted by molar-refractivity contribution is 5.76. The normalized spacial score (nSPS) is 27.8. The van der Waals surface area contributed by atoms with Crippen molar-refractivity contribution in [3.8, 4) is 0 Å². The Hall–Kier alpha value is -1.73. The molecule has 542 valence electrons. The van der Waals surface area contributed by atoms with Gasteiger partial charge >= 0.3 is 0 Å². The Bertz CT molecular complexity index is 1760. The van der Waals surface area contributed by atoms with Gasteiger partial charge in [0.25, 0.3) is 0 Å². The number of carbonyl (C=O) groups is 1. The first-order valence-electron chi connectivity index (χ1n) is 37.6. The molecule has 3 heterocycles. The van der Waals surface area contributed by atoms with E-state index in [0.717, 1.165) is 70.6 Å². The van der Waals surface area contributed by atoms with Gasteiger partial charge in [0.05, 0.1) is 38.6 Å². The minimum absolute atomic E-state index is 0.247. The fourth-order valence-electron chi connectivity index (χ4n) is 12.9. The monoisotopic (exact) mass is 1320 g/mol. The lowest BCUT2D eigenvalue weighted by Crippen LogP contribution is -2.66. The maximum absolute atomic E-state index is 13.4. The van der Waals surface area contributed by atoms with Crippen LogP contribution in [0.3, 0.4) is 0 Å². The van der Waals surface area contributed by atoms with Gasteiger partial charge in [-0.1, -0.05) is 276 Å². The summed E-state index contributed by atoms with van der Waals surface area (Å²) in [6.07, 6.45) is 36.9. The number of hydrogen-bond acceptors (Lipinski definition) is 18. The molecule has 3 aliphatic heterocycles. The van der Waals surface area contributed by atoms with Crippen molar-refractivity contribution in [3.05, 3.63) is 24.3 Å². The lowest BCUT2D eigenvalue weighted by molar-refractivity contribution is -0.379. The molecule has 19 nitrogen and oxygen atoms in total. The topological polar surface area (TPSA) is 307 Å². The van der Waals surface area contributed by atoms with Crippen LogP contribution < -0.4 is 5.32 Å². The second-order valence-corrected chi connectivity index (χ2v) is 27.1. The average molecular weight is 1320 g/mol. The zero-order valence-electron chi connectivity index (χ0n) is 57.5. The molecule has 0 radical (unpaired) electrons. The Kier molecular flexibility index (Phi) is 50.7. The van der Waals surface area contributed by atoms with Gasteiger partial charge in [-0.15, -0.1) is 0 Å². The van der Waals surface area contributed by atoms with E-state index < -0.39 is 124 Å². The Morgan fingerprint density at radius 2 is 0.717 bits per heavy atom. The van der Waals surface area contributed by atoms with Crippen molar-refractivity contribution in [2.45, 2.75) is 407 Å². The number of rotatable bonds is 59. The molecule has 3 rings (SSSR count). The number of hydrogen-bond donors (Lipinski definition) is 12. The predicted molar refractivity (Wildman–Crippen MR) is 360 cm³/mol. The molecule has 3 aliphatic rings. The number of aliphatic hydroxyl groups excluding tert-OH is 11. The minimum Gasteiger partial charge on any atom is -0.394 e. The van der Waals surface area contributed by atoms with E-state index in [1.165, 1.54) is 199 Å². The van der Waals surface area contributed by atoms with Crippen LogP contribution in [0.4, 0.5) is 0 Å². The summed E-state index contributed by atoms with van der Waals surface area (Å²) < 4.78 is 34.5. The zero-order valence-corrected chi connectivity index (χ0v) is 57.5. The number of allylic oxidation sites excluding steroid dienone is 4. The first-order chi connectivity index (χ1) is 44.8. The van der Waals surface area contributed by atoms with E-state index in [-0.39, 0.29) is 18.9 Å². The smallest absolute Gasteiger partial charge is 0.220 e. The summed E-state index contributed by atoms with van der Waals surface area (Å²) in [5, 5.41) is 121. The first-order valence-corrected chi connectivity index (χ1v) is 37.6. The number of ether oxygens (including phenoxy) is 6. The molecule has 0 saturated carbocycles. The van der Waals surface area contributed by atoms with Crippen molar-refractivity contribution in [2.75, 3.05) is 26.4 Å². The van der Waals surface area contributed by atoms with Crippen LogP contribution in [-0.2, 0) is 33.2 Å². The Morgan fingerprint density at radius 1 is 0.391 bits per heavy atom. The van der Waals surface area contributed by atoms with Crippen LogP contribution >= 0.6 is 0 Å².